The fourth-order valence-corrected chi connectivity index (χ4v) is 6.45. The standard InChI is InChI=1S/C28H28BrN3O8/c29-20-6-7-21-19(17-20)12-16-30(21)13-3-4-15-32-27(37-23(33)8-9-24(34)38-27)18-31-14-2-1-5-22(31)28(32)39-25(35)10-11-26(36)40-28/h6-12,16-17,22H,1-5,13-15,18H2. The molecule has 0 N–H and O–H groups in total. The number of aromatic nitrogens is 1. The van der Waals surface area contributed by atoms with Crippen LogP contribution in [0, 0.1) is 0 Å². The molecule has 0 bridgehead atoms. The summed E-state index contributed by atoms with van der Waals surface area (Å²) < 4.78 is 26.5. The Hall–Kier alpha value is -3.48. The van der Waals surface area contributed by atoms with E-state index in [9.17, 15) is 19.2 Å². The molecule has 2 spiro atoms. The van der Waals surface area contributed by atoms with E-state index in [1.165, 1.54) is 4.90 Å². The van der Waals surface area contributed by atoms with Crippen molar-refractivity contribution in [1.29, 1.82) is 0 Å². The molecule has 210 valence electrons. The lowest BCUT2D eigenvalue weighted by molar-refractivity contribution is -0.425. The van der Waals surface area contributed by atoms with E-state index in [-0.39, 0.29) is 13.1 Å². The molecular formula is C28H28BrN3O8. The topological polar surface area (TPSA) is 117 Å². The van der Waals surface area contributed by atoms with Gasteiger partial charge in [0.15, 0.2) is 0 Å². The Labute approximate surface area is 238 Å². The molecule has 0 radical (unpaired) electrons. The van der Waals surface area contributed by atoms with Gasteiger partial charge in [-0.25, -0.2) is 19.2 Å². The average molecular weight is 614 g/mol. The molecule has 1 unspecified atom stereocenters. The molecule has 40 heavy (non-hydrogen) atoms. The summed E-state index contributed by atoms with van der Waals surface area (Å²) in [5, 5.41) is 1.11. The second kappa shape index (κ2) is 10.5. The molecule has 1 aromatic heterocycles. The van der Waals surface area contributed by atoms with Gasteiger partial charge >= 0.3 is 35.7 Å². The van der Waals surface area contributed by atoms with E-state index in [0.29, 0.717) is 32.4 Å². The van der Waals surface area contributed by atoms with E-state index in [0.717, 1.165) is 52.5 Å². The Balaban J connectivity index is 1.34. The minimum atomic E-state index is -1.98. The van der Waals surface area contributed by atoms with Crippen molar-refractivity contribution in [3.8, 4) is 0 Å². The van der Waals surface area contributed by atoms with Gasteiger partial charge in [0.25, 0.3) is 0 Å². The number of fused-ring (bicyclic) bond motifs is 3. The van der Waals surface area contributed by atoms with Crippen LogP contribution in [-0.4, -0.2) is 75.7 Å². The first kappa shape index (κ1) is 26.7. The Morgan fingerprint density at radius 2 is 1.48 bits per heavy atom. The molecule has 2 aromatic rings. The number of esters is 4. The molecule has 2 fully saturated rings. The van der Waals surface area contributed by atoms with E-state index >= 15 is 0 Å². The lowest BCUT2D eigenvalue weighted by Crippen LogP contribution is -2.80. The molecule has 1 atom stereocenters. The van der Waals surface area contributed by atoms with Crippen molar-refractivity contribution in [2.45, 2.75) is 56.5 Å². The van der Waals surface area contributed by atoms with Crippen LogP contribution < -0.4 is 0 Å². The third-order valence-electron chi connectivity index (χ3n) is 7.71. The van der Waals surface area contributed by atoms with E-state index < -0.39 is 41.7 Å². The smallest absolute Gasteiger partial charge is 0.343 e. The SMILES string of the molecule is O=C1C=CC(=O)OC2(CN3CCCCC3C3(OC(=O)C=CC(=O)O3)N2CCCCn2ccc3cc(Br)ccc32)O1. The number of piperazine rings is 1. The Kier molecular flexibility index (Phi) is 7.01. The second-order valence-corrected chi connectivity index (χ2v) is 11.2. The number of rotatable bonds is 5. The van der Waals surface area contributed by atoms with Crippen molar-refractivity contribution >= 4 is 50.7 Å². The third kappa shape index (κ3) is 4.84. The maximum absolute atomic E-state index is 12.8. The van der Waals surface area contributed by atoms with Crippen molar-refractivity contribution in [2.24, 2.45) is 0 Å². The third-order valence-corrected chi connectivity index (χ3v) is 8.21. The van der Waals surface area contributed by atoms with Gasteiger partial charge in [0, 0.05) is 59.0 Å². The first-order valence-corrected chi connectivity index (χ1v) is 14.1. The summed E-state index contributed by atoms with van der Waals surface area (Å²) >= 11 is 3.50. The summed E-state index contributed by atoms with van der Waals surface area (Å²) in [6.45, 7) is 1.37. The molecule has 4 aliphatic rings. The number of benzene rings is 1. The van der Waals surface area contributed by atoms with Gasteiger partial charge in [-0.05, 0) is 56.5 Å². The number of nitrogens with zero attached hydrogens (tertiary/aromatic N) is 3. The summed E-state index contributed by atoms with van der Waals surface area (Å²) in [5.74, 6) is -7.12. The largest absolute Gasteiger partial charge is 0.403 e. The van der Waals surface area contributed by atoms with Crippen LogP contribution in [0.4, 0.5) is 0 Å². The zero-order valence-corrected chi connectivity index (χ0v) is 23.2. The molecule has 5 heterocycles. The molecule has 2 saturated heterocycles. The van der Waals surface area contributed by atoms with Crippen LogP contribution in [0.3, 0.4) is 0 Å². The summed E-state index contributed by atoms with van der Waals surface area (Å²) in [6.07, 6.45) is 9.39. The molecule has 12 heteroatoms. The van der Waals surface area contributed by atoms with E-state index in [1.54, 1.807) is 0 Å². The summed E-state index contributed by atoms with van der Waals surface area (Å²) in [6, 6.07) is 7.57. The number of hydrogen-bond donors (Lipinski definition) is 0. The number of ether oxygens (including phenoxy) is 4. The highest BCUT2D eigenvalue weighted by Crippen LogP contribution is 2.45. The lowest BCUT2D eigenvalue weighted by atomic mass is 9.93. The van der Waals surface area contributed by atoms with Crippen LogP contribution in [0.2, 0.25) is 0 Å². The van der Waals surface area contributed by atoms with E-state index in [1.807, 2.05) is 29.3 Å². The summed E-state index contributed by atoms with van der Waals surface area (Å²) in [4.78, 5) is 54.3. The Morgan fingerprint density at radius 1 is 0.825 bits per heavy atom. The van der Waals surface area contributed by atoms with Crippen LogP contribution in [0.1, 0.15) is 32.1 Å². The monoisotopic (exact) mass is 613 g/mol. The Morgan fingerprint density at radius 3 is 2.17 bits per heavy atom. The van der Waals surface area contributed by atoms with Gasteiger partial charge in [0.05, 0.1) is 6.54 Å². The highest BCUT2D eigenvalue weighted by Gasteiger charge is 2.68. The zero-order valence-electron chi connectivity index (χ0n) is 21.6. The maximum atomic E-state index is 12.8. The normalized spacial score (nSPS) is 24.3. The maximum Gasteiger partial charge on any atom is 0.343 e. The van der Waals surface area contributed by atoms with E-state index in [2.05, 4.69) is 26.6 Å². The second-order valence-electron chi connectivity index (χ2n) is 10.2. The molecule has 0 amide bonds. The van der Waals surface area contributed by atoms with Crippen molar-refractivity contribution in [2.75, 3.05) is 19.6 Å². The van der Waals surface area contributed by atoms with Crippen LogP contribution in [0.15, 0.2) is 59.2 Å². The fraction of sp³-hybridized carbons (Fsp3) is 0.429. The highest BCUT2D eigenvalue weighted by molar-refractivity contribution is 9.10. The first-order chi connectivity index (χ1) is 19.3. The minimum absolute atomic E-state index is 0.0121. The van der Waals surface area contributed by atoms with Crippen LogP contribution in [-0.2, 0) is 44.7 Å². The van der Waals surface area contributed by atoms with Gasteiger partial charge in [0.2, 0.25) is 0 Å². The number of aryl methyl sites for hydroxylation is 1. The number of carbonyl (C=O) groups is 4. The average Bonchev–Trinajstić information content (AvgIpc) is 3.16. The lowest BCUT2D eigenvalue weighted by Gasteiger charge is -2.59. The van der Waals surface area contributed by atoms with Crippen LogP contribution in [0.5, 0.6) is 0 Å². The number of unbranched alkanes of at least 4 members (excludes halogenated alkanes) is 1. The van der Waals surface area contributed by atoms with Gasteiger partial charge in [-0.3, -0.25) is 4.90 Å². The molecule has 0 aliphatic carbocycles. The Bertz CT molecular complexity index is 1390. The highest BCUT2D eigenvalue weighted by atomic mass is 79.9. The molecule has 6 rings (SSSR count). The molecule has 11 nitrogen and oxygen atoms in total. The van der Waals surface area contributed by atoms with Crippen molar-refractivity contribution in [1.82, 2.24) is 14.4 Å². The van der Waals surface area contributed by atoms with Gasteiger partial charge in [0.1, 0.15) is 6.04 Å². The van der Waals surface area contributed by atoms with Crippen LogP contribution in [0.25, 0.3) is 10.9 Å². The predicted octanol–water partition coefficient (Wildman–Crippen LogP) is 2.97. The van der Waals surface area contributed by atoms with Gasteiger partial charge < -0.3 is 23.5 Å². The van der Waals surface area contributed by atoms with Gasteiger partial charge in [-0.2, -0.15) is 4.90 Å². The summed E-state index contributed by atoms with van der Waals surface area (Å²) in [7, 11) is 0. The van der Waals surface area contributed by atoms with Gasteiger partial charge in [-0.15, -0.1) is 0 Å². The molecular weight excluding hydrogens is 586 g/mol. The number of hydrogen-bond acceptors (Lipinski definition) is 10. The van der Waals surface area contributed by atoms with Crippen molar-refractivity contribution in [3.05, 3.63) is 59.2 Å². The van der Waals surface area contributed by atoms with E-state index in [4.69, 9.17) is 18.9 Å². The molecule has 0 saturated carbocycles. The minimum Gasteiger partial charge on any atom is -0.403 e. The number of piperidine rings is 1. The summed E-state index contributed by atoms with van der Waals surface area (Å²) in [5.41, 5.74) is 1.09. The molecule has 1 aromatic carbocycles. The van der Waals surface area contributed by atoms with Crippen molar-refractivity contribution < 1.29 is 38.1 Å². The quantitative estimate of drug-likeness (QED) is 0.368. The van der Waals surface area contributed by atoms with Crippen molar-refractivity contribution in [3.63, 3.8) is 0 Å². The van der Waals surface area contributed by atoms with Gasteiger partial charge in [-0.1, -0.05) is 22.4 Å². The predicted molar refractivity (Wildman–Crippen MR) is 143 cm³/mol. The number of halogens is 1. The first-order valence-electron chi connectivity index (χ1n) is 13.3. The zero-order chi connectivity index (χ0) is 27.9. The molecule has 4 aliphatic heterocycles. The van der Waals surface area contributed by atoms with Crippen LogP contribution >= 0.6 is 15.9 Å². The fourth-order valence-electron chi connectivity index (χ4n) is 6.07. The number of carbonyl (C=O) groups excluding carboxylic acids is 4.